The van der Waals surface area contributed by atoms with Gasteiger partial charge in [-0.1, -0.05) is 6.92 Å². The summed E-state index contributed by atoms with van der Waals surface area (Å²) < 4.78 is 0. The van der Waals surface area contributed by atoms with Crippen LogP contribution >= 0.6 is 11.3 Å². The first-order valence-electron chi connectivity index (χ1n) is 6.37. The highest BCUT2D eigenvalue weighted by Gasteiger charge is 2.13. The van der Waals surface area contributed by atoms with Gasteiger partial charge in [0, 0.05) is 11.4 Å². The highest BCUT2D eigenvalue weighted by atomic mass is 32.1. The topological polar surface area (TPSA) is 24.1 Å². The van der Waals surface area contributed by atoms with Crippen LogP contribution in [0.15, 0.2) is 11.4 Å². The summed E-state index contributed by atoms with van der Waals surface area (Å²) in [5.74, 6) is 0.904. The van der Waals surface area contributed by atoms with E-state index in [1.807, 2.05) is 11.3 Å². The summed E-state index contributed by atoms with van der Waals surface area (Å²) >= 11 is 1.88. The maximum Gasteiger partial charge on any atom is 0.0302 e. The maximum absolute atomic E-state index is 3.57. The molecule has 1 atom stereocenters. The minimum Gasteiger partial charge on any atom is -0.316 e. The van der Waals surface area contributed by atoms with E-state index < -0.39 is 0 Å². The first-order chi connectivity index (χ1) is 7.90. The van der Waals surface area contributed by atoms with Crippen LogP contribution in [0.4, 0.5) is 0 Å². The predicted octanol–water partition coefficient (Wildman–Crippen LogP) is 2.40. The second-order valence-corrected chi connectivity index (χ2v) is 5.55. The minimum atomic E-state index is 0.904. The highest BCUT2D eigenvalue weighted by Crippen LogP contribution is 2.17. The normalized spacial score (nSPS) is 20.4. The molecular formula is C13H22N2S. The van der Waals surface area contributed by atoms with E-state index in [2.05, 4.69) is 29.0 Å². The Kier molecular flexibility index (Phi) is 4.82. The number of nitrogens with one attached hydrogen (secondary N) is 2. The number of rotatable bonds is 6. The molecule has 2 nitrogen and oxygen atoms in total. The van der Waals surface area contributed by atoms with Gasteiger partial charge >= 0.3 is 0 Å². The van der Waals surface area contributed by atoms with Gasteiger partial charge in [0.1, 0.15) is 0 Å². The Balaban J connectivity index is 1.64. The molecule has 3 heteroatoms. The molecule has 16 heavy (non-hydrogen) atoms. The lowest BCUT2D eigenvalue weighted by Crippen LogP contribution is -2.19. The predicted molar refractivity (Wildman–Crippen MR) is 71.0 cm³/mol. The van der Waals surface area contributed by atoms with Crippen molar-refractivity contribution >= 4 is 11.3 Å². The van der Waals surface area contributed by atoms with E-state index >= 15 is 0 Å². The molecule has 1 saturated heterocycles. The Morgan fingerprint density at radius 2 is 2.50 bits per heavy atom. The molecule has 0 aliphatic carbocycles. The van der Waals surface area contributed by atoms with Gasteiger partial charge in [0.05, 0.1) is 0 Å². The third kappa shape index (κ3) is 3.30. The van der Waals surface area contributed by atoms with Gasteiger partial charge in [0.25, 0.3) is 0 Å². The molecule has 1 aliphatic heterocycles. The van der Waals surface area contributed by atoms with Crippen LogP contribution in [0.25, 0.3) is 0 Å². The van der Waals surface area contributed by atoms with Crippen LogP contribution < -0.4 is 10.6 Å². The van der Waals surface area contributed by atoms with Crippen molar-refractivity contribution in [3.05, 3.63) is 21.9 Å². The Labute approximate surface area is 102 Å². The molecule has 2 rings (SSSR count). The summed E-state index contributed by atoms with van der Waals surface area (Å²) in [6.45, 7) is 6.89. The highest BCUT2D eigenvalue weighted by molar-refractivity contribution is 7.10. The van der Waals surface area contributed by atoms with Crippen LogP contribution in [0.3, 0.4) is 0 Å². The molecule has 1 unspecified atom stereocenters. The van der Waals surface area contributed by atoms with Gasteiger partial charge in [-0.2, -0.15) is 0 Å². The minimum absolute atomic E-state index is 0.904. The van der Waals surface area contributed by atoms with Gasteiger partial charge in [-0.05, 0) is 61.8 Å². The molecule has 1 aromatic rings. The summed E-state index contributed by atoms with van der Waals surface area (Å²) in [5.41, 5.74) is 1.51. The lowest BCUT2D eigenvalue weighted by atomic mass is 10.1. The van der Waals surface area contributed by atoms with Crippen LogP contribution in [-0.2, 0) is 13.0 Å². The van der Waals surface area contributed by atoms with Gasteiger partial charge in [-0.25, -0.2) is 0 Å². The molecule has 0 spiro atoms. The van der Waals surface area contributed by atoms with E-state index in [-0.39, 0.29) is 0 Å². The molecule has 0 saturated carbocycles. The SMILES string of the molecule is CCc1ccsc1CNCCC1CCNC1. The monoisotopic (exact) mass is 238 g/mol. The van der Waals surface area contributed by atoms with E-state index in [4.69, 9.17) is 0 Å². The van der Waals surface area contributed by atoms with Gasteiger partial charge in [-0.3, -0.25) is 0 Å². The summed E-state index contributed by atoms with van der Waals surface area (Å²) in [5, 5.41) is 9.20. The molecular weight excluding hydrogens is 216 g/mol. The van der Waals surface area contributed by atoms with Gasteiger partial charge in [-0.15, -0.1) is 11.3 Å². The third-order valence-electron chi connectivity index (χ3n) is 3.40. The van der Waals surface area contributed by atoms with E-state index in [1.54, 1.807) is 0 Å². The van der Waals surface area contributed by atoms with Crippen molar-refractivity contribution in [3.63, 3.8) is 0 Å². The lowest BCUT2D eigenvalue weighted by molar-refractivity contribution is 0.501. The van der Waals surface area contributed by atoms with Gasteiger partial charge < -0.3 is 10.6 Å². The fourth-order valence-electron chi connectivity index (χ4n) is 2.31. The Morgan fingerprint density at radius 3 is 3.25 bits per heavy atom. The standard InChI is InChI=1S/C13H22N2S/c1-2-12-5-8-16-13(12)10-15-7-4-11-3-6-14-9-11/h5,8,11,14-15H,2-4,6-7,9-10H2,1H3. The molecule has 1 aromatic heterocycles. The molecule has 0 radical (unpaired) electrons. The van der Waals surface area contributed by atoms with Crippen LogP contribution in [0, 0.1) is 5.92 Å². The molecule has 1 aliphatic rings. The fourth-order valence-corrected chi connectivity index (χ4v) is 3.25. The van der Waals surface area contributed by atoms with Crippen molar-refractivity contribution < 1.29 is 0 Å². The van der Waals surface area contributed by atoms with Crippen molar-refractivity contribution in [2.75, 3.05) is 19.6 Å². The second-order valence-electron chi connectivity index (χ2n) is 4.55. The number of hydrogen-bond acceptors (Lipinski definition) is 3. The van der Waals surface area contributed by atoms with E-state index in [1.165, 1.54) is 36.4 Å². The third-order valence-corrected chi connectivity index (χ3v) is 4.36. The van der Waals surface area contributed by atoms with Crippen molar-refractivity contribution in [1.29, 1.82) is 0 Å². The summed E-state index contributed by atoms with van der Waals surface area (Å²) in [4.78, 5) is 1.52. The molecule has 0 amide bonds. The number of hydrogen-bond donors (Lipinski definition) is 2. The zero-order valence-electron chi connectivity index (χ0n) is 10.1. The Hall–Kier alpha value is -0.380. The fraction of sp³-hybridized carbons (Fsp3) is 0.692. The van der Waals surface area contributed by atoms with Crippen molar-refractivity contribution in [3.8, 4) is 0 Å². The zero-order chi connectivity index (χ0) is 11.2. The van der Waals surface area contributed by atoms with E-state index in [0.717, 1.165) is 25.4 Å². The molecule has 2 N–H and O–H groups in total. The van der Waals surface area contributed by atoms with Crippen LogP contribution in [0.5, 0.6) is 0 Å². The quantitative estimate of drug-likeness (QED) is 0.744. The van der Waals surface area contributed by atoms with Crippen LogP contribution in [0.1, 0.15) is 30.2 Å². The van der Waals surface area contributed by atoms with E-state index in [0.29, 0.717) is 0 Å². The lowest BCUT2D eigenvalue weighted by Gasteiger charge is -2.09. The van der Waals surface area contributed by atoms with Crippen LogP contribution in [0.2, 0.25) is 0 Å². The first-order valence-corrected chi connectivity index (χ1v) is 7.24. The maximum atomic E-state index is 3.57. The number of thiophene rings is 1. The summed E-state index contributed by atoms with van der Waals surface area (Å²) in [6, 6.07) is 2.25. The summed E-state index contributed by atoms with van der Waals surface area (Å²) in [7, 11) is 0. The second kappa shape index (κ2) is 6.38. The molecule has 90 valence electrons. The smallest absolute Gasteiger partial charge is 0.0302 e. The van der Waals surface area contributed by atoms with Gasteiger partial charge in [0.2, 0.25) is 0 Å². The molecule has 0 aromatic carbocycles. The molecule has 1 fully saturated rings. The van der Waals surface area contributed by atoms with Crippen molar-refractivity contribution in [2.24, 2.45) is 5.92 Å². The Bertz CT molecular complexity index is 303. The number of aryl methyl sites for hydroxylation is 1. The van der Waals surface area contributed by atoms with Crippen molar-refractivity contribution in [2.45, 2.75) is 32.7 Å². The largest absolute Gasteiger partial charge is 0.316 e. The first kappa shape index (κ1) is 12.1. The van der Waals surface area contributed by atoms with Crippen molar-refractivity contribution in [1.82, 2.24) is 10.6 Å². The Morgan fingerprint density at radius 1 is 1.56 bits per heavy atom. The average Bonchev–Trinajstić information content (AvgIpc) is 2.95. The average molecular weight is 238 g/mol. The molecule has 2 heterocycles. The summed E-state index contributed by atoms with van der Waals surface area (Å²) in [6.07, 6.45) is 3.84. The molecule has 0 bridgehead atoms. The van der Waals surface area contributed by atoms with E-state index in [9.17, 15) is 0 Å². The zero-order valence-corrected chi connectivity index (χ0v) is 10.9. The van der Waals surface area contributed by atoms with Crippen LogP contribution in [-0.4, -0.2) is 19.6 Å². The van der Waals surface area contributed by atoms with Gasteiger partial charge in [0.15, 0.2) is 0 Å².